The molecule has 1 aliphatic rings. The quantitative estimate of drug-likeness (QED) is 0.769. The van der Waals surface area contributed by atoms with Gasteiger partial charge in [0.2, 0.25) is 0 Å². The fourth-order valence-electron chi connectivity index (χ4n) is 2.37. The number of hydrogen-bond donors (Lipinski definition) is 0. The number of benzene rings is 1. The molecule has 1 aromatic rings. The van der Waals surface area contributed by atoms with Crippen LogP contribution in [0.3, 0.4) is 0 Å². The molecule has 0 spiro atoms. The SMILES string of the molecule is COC(=O)C1CCC/C1=C\c1ccc(OC)cc1. The molecular weight excluding hydrogens is 228 g/mol. The maximum absolute atomic E-state index is 11.6. The van der Waals surface area contributed by atoms with Gasteiger partial charge in [0.15, 0.2) is 0 Å². The molecule has 0 amide bonds. The molecule has 0 radical (unpaired) electrons. The Hall–Kier alpha value is -1.77. The smallest absolute Gasteiger partial charge is 0.312 e. The highest BCUT2D eigenvalue weighted by molar-refractivity contribution is 5.78. The first-order valence-corrected chi connectivity index (χ1v) is 6.17. The normalized spacial score (nSPS) is 21.0. The second kappa shape index (κ2) is 5.71. The molecule has 1 unspecified atom stereocenters. The third kappa shape index (κ3) is 2.73. The summed E-state index contributed by atoms with van der Waals surface area (Å²) in [4.78, 5) is 11.6. The van der Waals surface area contributed by atoms with E-state index in [0.29, 0.717) is 0 Å². The van der Waals surface area contributed by atoms with Gasteiger partial charge in [-0.1, -0.05) is 23.8 Å². The highest BCUT2D eigenvalue weighted by Crippen LogP contribution is 2.33. The third-order valence-corrected chi connectivity index (χ3v) is 3.36. The Morgan fingerprint density at radius 3 is 2.61 bits per heavy atom. The second-order valence-electron chi connectivity index (χ2n) is 4.46. The number of carbonyl (C=O) groups excluding carboxylic acids is 1. The van der Waals surface area contributed by atoms with Crippen LogP contribution in [-0.2, 0) is 9.53 Å². The predicted octanol–water partition coefficient (Wildman–Crippen LogP) is 3.05. The zero-order valence-electron chi connectivity index (χ0n) is 10.8. The van der Waals surface area contributed by atoms with Gasteiger partial charge < -0.3 is 9.47 Å². The summed E-state index contributed by atoms with van der Waals surface area (Å²) in [5.74, 6) is 0.664. The predicted molar refractivity (Wildman–Crippen MR) is 70.3 cm³/mol. The van der Waals surface area contributed by atoms with E-state index in [-0.39, 0.29) is 11.9 Å². The maximum Gasteiger partial charge on any atom is 0.312 e. The Morgan fingerprint density at radius 1 is 1.28 bits per heavy atom. The van der Waals surface area contributed by atoms with Gasteiger partial charge in [-0.05, 0) is 37.0 Å². The maximum atomic E-state index is 11.6. The van der Waals surface area contributed by atoms with E-state index in [1.807, 2.05) is 24.3 Å². The molecule has 0 bridgehead atoms. The molecule has 0 N–H and O–H groups in total. The van der Waals surface area contributed by atoms with Crippen molar-refractivity contribution in [3.05, 3.63) is 35.4 Å². The monoisotopic (exact) mass is 246 g/mol. The zero-order chi connectivity index (χ0) is 13.0. The van der Waals surface area contributed by atoms with Gasteiger partial charge in [0.25, 0.3) is 0 Å². The van der Waals surface area contributed by atoms with Crippen molar-refractivity contribution in [2.45, 2.75) is 19.3 Å². The van der Waals surface area contributed by atoms with Crippen LogP contribution in [0.25, 0.3) is 6.08 Å². The van der Waals surface area contributed by atoms with Crippen molar-refractivity contribution in [3.63, 3.8) is 0 Å². The lowest BCUT2D eigenvalue weighted by molar-refractivity contribution is -0.143. The van der Waals surface area contributed by atoms with Gasteiger partial charge in [-0.15, -0.1) is 0 Å². The minimum absolute atomic E-state index is 0.0582. The second-order valence-corrected chi connectivity index (χ2v) is 4.46. The van der Waals surface area contributed by atoms with E-state index < -0.39 is 0 Å². The molecule has 3 nitrogen and oxygen atoms in total. The van der Waals surface area contributed by atoms with Crippen molar-refractivity contribution < 1.29 is 14.3 Å². The molecule has 0 aromatic heterocycles. The molecule has 3 heteroatoms. The van der Waals surface area contributed by atoms with Crippen LogP contribution in [0.15, 0.2) is 29.8 Å². The molecule has 1 aliphatic carbocycles. The van der Waals surface area contributed by atoms with Crippen LogP contribution >= 0.6 is 0 Å². The fraction of sp³-hybridized carbons (Fsp3) is 0.400. The zero-order valence-corrected chi connectivity index (χ0v) is 10.8. The van der Waals surface area contributed by atoms with Crippen LogP contribution < -0.4 is 4.74 Å². The van der Waals surface area contributed by atoms with Crippen LogP contribution in [0.4, 0.5) is 0 Å². The van der Waals surface area contributed by atoms with Gasteiger partial charge in [0.05, 0.1) is 20.1 Å². The highest BCUT2D eigenvalue weighted by atomic mass is 16.5. The summed E-state index contributed by atoms with van der Waals surface area (Å²) in [6.07, 6.45) is 5.02. The third-order valence-electron chi connectivity index (χ3n) is 3.36. The number of methoxy groups -OCH3 is 2. The summed E-state index contributed by atoms with van der Waals surface area (Å²) in [5, 5.41) is 0. The summed E-state index contributed by atoms with van der Waals surface area (Å²) < 4.78 is 9.96. The lowest BCUT2D eigenvalue weighted by atomic mass is 10.0. The van der Waals surface area contributed by atoms with E-state index in [0.717, 1.165) is 30.6 Å². The topological polar surface area (TPSA) is 35.5 Å². The molecule has 1 atom stereocenters. The summed E-state index contributed by atoms with van der Waals surface area (Å²) in [6.45, 7) is 0. The van der Waals surface area contributed by atoms with E-state index in [9.17, 15) is 4.79 Å². The van der Waals surface area contributed by atoms with E-state index >= 15 is 0 Å². The molecular formula is C15H18O3. The molecule has 96 valence electrons. The molecule has 0 saturated heterocycles. The molecule has 2 rings (SSSR count). The molecule has 18 heavy (non-hydrogen) atoms. The molecule has 1 aromatic carbocycles. The number of ether oxygens (including phenoxy) is 2. The summed E-state index contributed by atoms with van der Waals surface area (Å²) in [7, 11) is 3.10. The summed E-state index contributed by atoms with van der Waals surface area (Å²) >= 11 is 0. The van der Waals surface area contributed by atoms with E-state index in [2.05, 4.69) is 6.08 Å². The Kier molecular flexibility index (Phi) is 4.03. The Bertz CT molecular complexity index is 445. The summed E-state index contributed by atoms with van der Waals surface area (Å²) in [5.41, 5.74) is 2.27. The Morgan fingerprint density at radius 2 is 2.00 bits per heavy atom. The van der Waals surface area contributed by atoms with Gasteiger partial charge in [-0.2, -0.15) is 0 Å². The van der Waals surface area contributed by atoms with E-state index in [1.165, 1.54) is 12.7 Å². The number of esters is 1. The average Bonchev–Trinajstić information content (AvgIpc) is 2.87. The van der Waals surface area contributed by atoms with Crippen molar-refractivity contribution >= 4 is 12.0 Å². The Labute approximate surface area is 107 Å². The van der Waals surface area contributed by atoms with Crippen LogP contribution in [0.1, 0.15) is 24.8 Å². The van der Waals surface area contributed by atoms with Crippen LogP contribution in [0.5, 0.6) is 5.75 Å². The largest absolute Gasteiger partial charge is 0.497 e. The number of rotatable bonds is 3. The van der Waals surface area contributed by atoms with Crippen molar-refractivity contribution in [1.29, 1.82) is 0 Å². The molecule has 0 aliphatic heterocycles. The average molecular weight is 246 g/mol. The lowest BCUT2D eigenvalue weighted by Gasteiger charge is -2.09. The van der Waals surface area contributed by atoms with Crippen molar-refractivity contribution in [3.8, 4) is 5.75 Å². The standard InChI is InChI=1S/C15H18O3/c1-17-13-8-6-11(7-9-13)10-12-4-3-5-14(12)15(16)18-2/h6-10,14H,3-5H2,1-2H3/b12-10+. The first-order chi connectivity index (χ1) is 8.74. The minimum Gasteiger partial charge on any atom is -0.497 e. The van der Waals surface area contributed by atoms with Crippen molar-refractivity contribution in [2.75, 3.05) is 14.2 Å². The van der Waals surface area contributed by atoms with Gasteiger partial charge in [-0.25, -0.2) is 0 Å². The first-order valence-electron chi connectivity index (χ1n) is 6.17. The van der Waals surface area contributed by atoms with Crippen LogP contribution in [0, 0.1) is 5.92 Å². The molecule has 1 fully saturated rings. The van der Waals surface area contributed by atoms with Crippen LogP contribution in [0.2, 0.25) is 0 Å². The Balaban J connectivity index is 2.18. The van der Waals surface area contributed by atoms with Gasteiger partial charge in [0, 0.05) is 0 Å². The minimum atomic E-state index is -0.118. The first kappa shape index (κ1) is 12.7. The van der Waals surface area contributed by atoms with E-state index in [4.69, 9.17) is 9.47 Å². The van der Waals surface area contributed by atoms with Gasteiger partial charge in [-0.3, -0.25) is 4.79 Å². The van der Waals surface area contributed by atoms with Crippen LogP contribution in [-0.4, -0.2) is 20.2 Å². The van der Waals surface area contributed by atoms with Gasteiger partial charge >= 0.3 is 5.97 Å². The highest BCUT2D eigenvalue weighted by Gasteiger charge is 2.28. The number of carbonyl (C=O) groups is 1. The number of hydrogen-bond acceptors (Lipinski definition) is 3. The van der Waals surface area contributed by atoms with E-state index in [1.54, 1.807) is 7.11 Å². The molecule has 0 heterocycles. The van der Waals surface area contributed by atoms with Crippen molar-refractivity contribution in [2.24, 2.45) is 5.92 Å². The lowest BCUT2D eigenvalue weighted by Crippen LogP contribution is -2.14. The van der Waals surface area contributed by atoms with Crippen molar-refractivity contribution in [1.82, 2.24) is 0 Å². The van der Waals surface area contributed by atoms with Gasteiger partial charge in [0.1, 0.15) is 5.75 Å². The fourth-order valence-corrected chi connectivity index (χ4v) is 2.37. The summed E-state index contributed by atoms with van der Waals surface area (Å²) in [6, 6.07) is 7.85. The molecule has 1 saturated carbocycles.